The maximum Gasteiger partial charge on any atom is 0.342 e. The van der Waals surface area contributed by atoms with Crippen molar-refractivity contribution < 1.29 is 14.3 Å². The van der Waals surface area contributed by atoms with Crippen molar-refractivity contribution in [3.63, 3.8) is 0 Å². The predicted octanol–water partition coefficient (Wildman–Crippen LogP) is 1.02. The number of hydrogen-bond acceptors (Lipinski definition) is 5. The lowest BCUT2D eigenvalue weighted by atomic mass is 10.2. The first kappa shape index (κ1) is 11.0. The average molecular weight is 208 g/mol. The highest BCUT2D eigenvalue weighted by molar-refractivity contribution is 5.94. The summed E-state index contributed by atoms with van der Waals surface area (Å²) in [5.74, 6) is 0.0263. The highest BCUT2D eigenvalue weighted by Gasteiger charge is 2.12. The highest BCUT2D eigenvalue weighted by atomic mass is 16.5. The van der Waals surface area contributed by atoms with E-state index < -0.39 is 5.97 Å². The van der Waals surface area contributed by atoms with Gasteiger partial charge in [-0.05, 0) is 6.07 Å². The number of ether oxygens (including phenoxy) is 2. The number of carbonyl (C=O) groups excluding carboxylic acids is 1. The molecule has 0 fully saturated rings. The summed E-state index contributed by atoms with van der Waals surface area (Å²) in [5, 5.41) is 0. The molecule has 5 nitrogen and oxygen atoms in total. The molecule has 15 heavy (non-hydrogen) atoms. The van der Waals surface area contributed by atoms with Gasteiger partial charge in [-0.15, -0.1) is 0 Å². The summed E-state index contributed by atoms with van der Waals surface area (Å²) in [6, 6.07) is 1.48. The first-order chi connectivity index (χ1) is 7.19. The molecule has 0 radical (unpaired) electrons. The van der Waals surface area contributed by atoms with Gasteiger partial charge in [0.15, 0.2) is 0 Å². The molecule has 0 saturated carbocycles. The van der Waals surface area contributed by atoms with Crippen LogP contribution in [0.25, 0.3) is 0 Å². The van der Waals surface area contributed by atoms with Crippen LogP contribution in [0.4, 0.5) is 5.82 Å². The van der Waals surface area contributed by atoms with E-state index in [0.29, 0.717) is 5.75 Å². The Bertz CT molecular complexity index is 377. The third-order valence-corrected chi connectivity index (χ3v) is 1.68. The monoisotopic (exact) mass is 208 g/mol. The molecule has 1 heterocycles. The molecule has 0 amide bonds. The molecule has 0 bridgehead atoms. The summed E-state index contributed by atoms with van der Waals surface area (Å²) in [4.78, 5) is 15.3. The zero-order valence-corrected chi connectivity index (χ0v) is 8.40. The van der Waals surface area contributed by atoms with Crippen molar-refractivity contribution in [1.29, 1.82) is 0 Å². The van der Waals surface area contributed by atoms with Crippen LogP contribution in [0.3, 0.4) is 0 Å². The lowest BCUT2D eigenvalue weighted by molar-refractivity contribution is 0.0550. The van der Waals surface area contributed by atoms with Crippen molar-refractivity contribution in [3.8, 4) is 5.75 Å². The van der Waals surface area contributed by atoms with E-state index in [-0.39, 0.29) is 18.0 Å². The molecule has 1 aromatic rings. The van der Waals surface area contributed by atoms with E-state index in [4.69, 9.17) is 15.2 Å². The van der Waals surface area contributed by atoms with E-state index in [1.165, 1.54) is 25.4 Å². The van der Waals surface area contributed by atoms with Crippen molar-refractivity contribution >= 4 is 11.8 Å². The Morgan fingerprint density at radius 2 is 2.47 bits per heavy atom. The maximum atomic E-state index is 11.4. The zero-order valence-electron chi connectivity index (χ0n) is 8.40. The quantitative estimate of drug-likeness (QED) is 0.590. The van der Waals surface area contributed by atoms with Gasteiger partial charge in [0.25, 0.3) is 0 Å². The minimum atomic E-state index is -0.543. The molecule has 0 saturated heterocycles. The molecule has 80 valence electrons. The van der Waals surface area contributed by atoms with Gasteiger partial charge in [0.2, 0.25) is 0 Å². The standard InChI is InChI=1S/C10H12N2O3/c1-3-4-15-10(13)8-5-7(14-2)6-12-9(8)11/h3,5-6H,1,4H2,2H3,(H2,11,12). The van der Waals surface area contributed by atoms with Crippen molar-refractivity contribution in [1.82, 2.24) is 4.98 Å². The van der Waals surface area contributed by atoms with Gasteiger partial charge < -0.3 is 15.2 Å². The SMILES string of the molecule is C=CCOC(=O)c1cc(OC)cnc1N. The Morgan fingerprint density at radius 3 is 3.07 bits per heavy atom. The Morgan fingerprint density at radius 1 is 1.73 bits per heavy atom. The van der Waals surface area contributed by atoms with Gasteiger partial charge in [-0.25, -0.2) is 9.78 Å². The first-order valence-electron chi connectivity index (χ1n) is 4.26. The number of hydrogen-bond donors (Lipinski definition) is 1. The van der Waals surface area contributed by atoms with Gasteiger partial charge in [0, 0.05) is 0 Å². The van der Waals surface area contributed by atoms with Gasteiger partial charge in [0.1, 0.15) is 23.7 Å². The summed E-state index contributed by atoms with van der Waals surface area (Å²) < 4.78 is 9.74. The van der Waals surface area contributed by atoms with Crippen molar-refractivity contribution in [2.45, 2.75) is 0 Å². The number of aromatic nitrogens is 1. The van der Waals surface area contributed by atoms with E-state index in [9.17, 15) is 4.79 Å². The highest BCUT2D eigenvalue weighted by Crippen LogP contribution is 2.17. The van der Waals surface area contributed by atoms with Crippen molar-refractivity contribution in [2.75, 3.05) is 19.5 Å². The molecule has 0 unspecified atom stereocenters. The first-order valence-corrected chi connectivity index (χ1v) is 4.26. The van der Waals surface area contributed by atoms with E-state index in [1.54, 1.807) is 0 Å². The second-order valence-corrected chi connectivity index (χ2v) is 2.70. The molecule has 0 aliphatic carbocycles. The van der Waals surface area contributed by atoms with Gasteiger partial charge >= 0.3 is 5.97 Å². The van der Waals surface area contributed by atoms with Gasteiger partial charge in [-0.3, -0.25) is 0 Å². The number of methoxy groups -OCH3 is 1. The summed E-state index contributed by atoms with van der Waals surface area (Å²) in [6.07, 6.45) is 2.90. The number of pyridine rings is 1. The molecule has 5 heteroatoms. The largest absolute Gasteiger partial charge is 0.495 e. The van der Waals surface area contributed by atoms with Crippen LogP contribution in [0.1, 0.15) is 10.4 Å². The van der Waals surface area contributed by atoms with Crippen LogP contribution in [-0.2, 0) is 4.74 Å². The minimum absolute atomic E-state index is 0.116. The number of nitrogens with two attached hydrogens (primary N) is 1. The summed E-state index contributed by atoms with van der Waals surface area (Å²) in [7, 11) is 1.48. The molecule has 1 aromatic heterocycles. The predicted molar refractivity (Wildman–Crippen MR) is 55.7 cm³/mol. The van der Waals surface area contributed by atoms with Crippen LogP contribution in [0.2, 0.25) is 0 Å². The number of nitrogens with zero attached hydrogens (tertiary/aromatic N) is 1. The number of rotatable bonds is 4. The van der Waals surface area contributed by atoms with E-state index in [2.05, 4.69) is 11.6 Å². The third kappa shape index (κ3) is 2.70. The van der Waals surface area contributed by atoms with Gasteiger partial charge in [-0.1, -0.05) is 12.7 Å². The van der Waals surface area contributed by atoms with Crippen LogP contribution in [0.15, 0.2) is 24.9 Å². The van der Waals surface area contributed by atoms with E-state index >= 15 is 0 Å². The number of nitrogen functional groups attached to an aromatic ring is 1. The van der Waals surface area contributed by atoms with Crippen molar-refractivity contribution in [2.24, 2.45) is 0 Å². The fourth-order valence-electron chi connectivity index (χ4n) is 0.944. The van der Waals surface area contributed by atoms with Gasteiger partial charge in [-0.2, -0.15) is 0 Å². The van der Waals surface area contributed by atoms with Crippen LogP contribution in [0, 0.1) is 0 Å². The fourth-order valence-corrected chi connectivity index (χ4v) is 0.944. The Kier molecular flexibility index (Phi) is 3.68. The Labute approximate surface area is 87.5 Å². The molecule has 1 rings (SSSR count). The van der Waals surface area contributed by atoms with E-state index in [1.807, 2.05) is 0 Å². The molecule has 0 aromatic carbocycles. The van der Waals surface area contributed by atoms with Gasteiger partial charge in [0.05, 0.1) is 13.3 Å². The molecular formula is C10H12N2O3. The normalized spacial score (nSPS) is 9.40. The molecule has 0 atom stereocenters. The van der Waals surface area contributed by atoms with E-state index in [0.717, 1.165) is 0 Å². The minimum Gasteiger partial charge on any atom is -0.495 e. The summed E-state index contributed by atoms with van der Waals surface area (Å²) in [6.45, 7) is 3.57. The average Bonchev–Trinajstić information content (AvgIpc) is 2.26. The Balaban J connectivity index is 2.91. The topological polar surface area (TPSA) is 74.4 Å². The summed E-state index contributed by atoms with van der Waals surface area (Å²) >= 11 is 0. The zero-order chi connectivity index (χ0) is 11.3. The fraction of sp³-hybridized carbons (Fsp3) is 0.200. The smallest absolute Gasteiger partial charge is 0.342 e. The molecule has 0 spiro atoms. The third-order valence-electron chi connectivity index (χ3n) is 1.68. The van der Waals surface area contributed by atoms with Crippen LogP contribution in [-0.4, -0.2) is 24.7 Å². The lowest BCUT2D eigenvalue weighted by Crippen LogP contribution is -2.09. The maximum absolute atomic E-state index is 11.4. The summed E-state index contributed by atoms with van der Waals surface area (Å²) in [5.41, 5.74) is 5.71. The molecule has 0 aliphatic rings. The number of esters is 1. The Hall–Kier alpha value is -2.04. The lowest BCUT2D eigenvalue weighted by Gasteiger charge is -2.06. The van der Waals surface area contributed by atoms with Crippen molar-refractivity contribution in [3.05, 3.63) is 30.5 Å². The molecule has 2 N–H and O–H groups in total. The van der Waals surface area contributed by atoms with Crippen LogP contribution >= 0.6 is 0 Å². The molecule has 0 aliphatic heterocycles. The van der Waals surface area contributed by atoms with Crippen LogP contribution < -0.4 is 10.5 Å². The number of carbonyl (C=O) groups is 1. The second-order valence-electron chi connectivity index (χ2n) is 2.70. The van der Waals surface area contributed by atoms with Crippen LogP contribution in [0.5, 0.6) is 5.75 Å². The molecular weight excluding hydrogens is 196 g/mol. The second kappa shape index (κ2) is 4.99. The number of anilines is 1.